The van der Waals surface area contributed by atoms with Crippen LogP contribution in [0.1, 0.15) is 88.2 Å². The fourth-order valence-electron chi connectivity index (χ4n) is 12.0. The summed E-state index contributed by atoms with van der Waals surface area (Å²) in [5.74, 6) is 1.31. The van der Waals surface area contributed by atoms with Gasteiger partial charge in [0.2, 0.25) is 0 Å². The Labute approximate surface area is 379 Å². The number of likely N-dealkylation sites (tertiary alicyclic amines) is 1. The van der Waals surface area contributed by atoms with E-state index in [9.17, 15) is 0 Å². The van der Waals surface area contributed by atoms with Gasteiger partial charge in [-0.3, -0.25) is 0 Å². The maximum Gasteiger partial charge on any atom is 0.0588 e. The molecule has 1 saturated heterocycles. The molecule has 0 radical (unpaired) electrons. The lowest BCUT2D eigenvalue weighted by atomic mass is 9.81. The molecular formula is C60H58N4. The van der Waals surface area contributed by atoms with Crippen LogP contribution in [0.5, 0.6) is 0 Å². The van der Waals surface area contributed by atoms with Crippen LogP contribution in [-0.2, 0) is 0 Å². The first-order chi connectivity index (χ1) is 31.8. The molecular weight excluding hydrogens is 777 g/mol. The van der Waals surface area contributed by atoms with Crippen molar-refractivity contribution in [3.63, 3.8) is 0 Å². The SMILES string of the molecule is C1=CCCC(N(C2=CCC(c3ccc(N(C4=CC=CCC4)c4ccc5c(c4)c4ccccc4n5C4C=CC=CC4)cc3)C=C2)C2=CC=C3C(C2)C2C=CC=CC2N3C2=CCCCC2)=C1. The zero-order chi connectivity index (χ0) is 42.4. The third-order valence-corrected chi connectivity index (χ3v) is 15.0. The van der Waals surface area contributed by atoms with Crippen LogP contribution in [0.25, 0.3) is 21.8 Å². The monoisotopic (exact) mass is 834 g/mol. The number of allylic oxidation sites excluding steroid dienone is 23. The number of anilines is 2. The van der Waals surface area contributed by atoms with Crippen LogP contribution in [0.4, 0.5) is 11.4 Å². The van der Waals surface area contributed by atoms with Crippen LogP contribution < -0.4 is 4.90 Å². The van der Waals surface area contributed by atoms with Crippen molar-refractivity contribution in [2.45, 2.75) is 88.6 Å². The molecule has 318 valence electrons. The first-order valence-electron chi connectivity index (χ1n) is 24.2. The van der Waals surface area contributed by atoms with Crippen LogP contribution in [-0.4, -0.2) is 20.4 Å². The van der Waals surface area contributed by atoms with E-state index in [0.29, 0.717) is 29.8 Å². The molecule has 0 bridgehead atoms. The van der Waals surface area contributed by atoms with Crippen LogP contribution in [0.15, 0.2) is 222 Å². The van der Waals surface area contributed by atoms with Gasteiger partial charge in [-0.15, -0.1) is 0 Å². The number of aromatic nitrogens is 1. The van der Waals surface area contributed by atoms with Gasteiger partial charge in [0, 0.05) is 85.1 Å². The Bertz CT molecular complexity index is 2910. The van der Waals surface area contributed by atoms with E-state index in [4.69, 9.17) is 0 Å². The lowest BCUT2D eigenvalue weighted by molar-refractivity contribution is 0.357. The van der Waals surface area contributed by atoms with E-state index < -0.39 is 0 Å². The lowest BCUT2D eigenvalue weighted by Crippen LogP contribution is -2.30. The van der Waals surface area contributed by atoms with Crippen molar-refractivity contribution < 1.29 is 0 Å². The average Bonchev–Trinajstić information content (AvgIpc) is 3.88. The first-order valence-corrected chi connectivity index (χ1v) is 24.2. The fraction of sp³-hybridized carbons (Fsp3) is 0.267. The van der Waals surface area contributed by atoms with Crippen molar-refractivity contribution in [2.24, 2.45) is 11.8 Å². The standard InChI is InChI=1S/C60H58N4/c1-5-17-45(18-6-1)61(51-37-39-59-55(41-51)53-25-13-15-27-57(53)63(59)47-21-9-3-10-22-47)49-33-29-43(30-34-49)44-31-35-50(36-32-44)62(46-19-7-2-8-20-46)52-38-40-60-56(42-52)54-26-14-16-28-58(54)64(60)48-23-11-4-12-24-48/h1-3,5,7,9-10,13-17,19,21,23,25-31,33-41,44,47,54,56,58H,4,6,8,11-12,18,20,22,24,32,42H2. The molecule has 1 aromatic heterocycles. The molecule has 0 spiro atoms. The molecule has 0 N–H and O–H groups in total. The summed E-state index contributed by atoms with van der Waals surface area (Å²) in [4.78, 5) is 7.84. The summed E-state index contributed by atoms with van der Waals surface area (Å²) in [5, 5.41) is 2.62. The normalized spacial score (nSPS) is 25.7. The van der Waals surface area contributed by atoms with Crippen molar-refractivity contribution in [1.29, 1.82) is 0 Å². The van der Waals surface area contributed by atoms with E-state index in [1.54, 1.807) is 5.70 Å². The Hall–Kier alpha value is -6.52. The first kappa shape index (κ1) is 39.1. The highest BCUT2D eigenvalue weighted by Gasteiger charge is 2.46. The zero-order valence-corrected chi connectivity index (χ0v) is 36.9. The highest BCUT2D eigenvalue weighted by molar-refractivity contribution is 6.09. The van der Waals surface area contributed by atoms with Gasteiger partial charge < -0.3 is 19.3 Å². The minimum atomic E-state index is 0.314. The summed E-state index contributed by atoms with van der Waals surface area (Å²) in [5.41, 5.74) is 14.9. The summed E-state index contributed by atoms with van der Waals surface area (Å²) in [6.07, 6.45) is 59.4. The second-order valence-corrected chi connectivity index (χ2v) is 18.8. The molecule has 0 amide bonds. The van der Waals surface area contributed by atoms with Gasteiger partial charge in [-0.05, 0) is 143 Å². The molecule has 12 rings (SSSR count). The Morgan fingerprint density at radius 1 is 0.562 bits per heavy atom. The van der Waals surface area contributed by atoms with Gasteiger partial charge >= 0.3 is 0 Å². The van der Waals surface area contributed by atoms with Crippen LogP contribution >= 0.6 is 0 Å². The van der Waals surface area contributed by atoms with E-state index >= 15 is 0 Å². The Kier molecular flexibility index (Phi) is 10.3. The van der Waals surface area contributed by atoms with Crippen molar-refractivity contribution in [3.05, 3.63) is 228 Å². The molecule has 1 fully saturated rings. The van der Waals surface area contributed by atoms with Crippen LogP contribution in [0, 0.1) is 11.8 Å². The minimum absolute atomic E-state index is 0.314. The van der Waals surface area contributed by atoms with Crippen molar-refractivity contribution >= 4 is 33.2 Å². The molecule has 4 nitrogen and oxygen atoms in total. The van der Waals surface area contributed by atoms with Crippen molar-refractivity contribution in [3.8, 4) is 0 Å². The van der Waals surface area contributed by atoms with E-state index in [0.717, 1.165) is 44.9 Å². The maximum atomic E-state index is 2.72. The number of fused-ring (bicyclic) bond motifs is 6. The second-order valence-electron chi connectivity index (χ2n) is 18.8. The predicted octanol–water partition coefficient (Wildman–Crippen LogP) is 15.4. The molecule has 2 heterocycles. The van der Waals surface area contributed by atoms with E-state index in [1.165, 1.54) is 92.9 Å². The molecule has 5 atom stereocenters. The van der Waals surface area contributed by atoms with Crippen LogP contribution in [0.3, 0.4) is 0 Å². The second kappa shape index (κ2) is 16.9. The lowest BCUT2D eigenvalue weighted by Gasteiger charge is -2.37. The topological polar surface area (TPSA) is 14.7 Å². The van der Waals surface area contributed by atoms with Crippen molar-refractivity contribution in [1.82, 2.24) is 14.4 Å². The summed E-state index contributed by atoms with van der Waals surface area (Å²) < 4.78 is 2.54. The number of hydrogen-bond acceptors (Lipinski definition) is 3. The maximum absolute atomic E-state index is 2.72. The number of rotatable bonds is 9. The van der Waals surface area contributed by atoms with E-state index in [2.05, 4.69) is 208 Å². The molecule has 4 heteroatoms. The third-order valence-electron chi connectivity index (χ3n) is 15.0. The third kappa shape index (κ3) is 6.99. The van der Waals surface area contributed by atoms with Crippen LogP contribution in [0.2, 0.25) is 0 Å². The highest BCUT2D eigenvalue weighted by atomic mass is 15.2. The molecule has 4 aromatic rings. The number of hydrogen-bond donors (Lipinski definition) is 0. The number of nitrogens with zero attached hydrogens (tertiary/aromatic N) is 4. The largest absolute Gasteiger partial charge is 0.341 e. The van der Waals surface area contributed by atoms with Crippen molar-refractivity contribution in [2.75, 3.05) is 4.90 Å². The summed E-state index contributed by atoms with van der Waals surface area (Å²) >= 11 is 0. The summed E-state index contributed by atoms with van der Waals surface area (Å²) in [7, 11) is 0. The predicted molar refractivity (Wildman–Crippen MR) is 268 cm³/mol. The van der Waals surface area contributed by atoms with E-state index in [-0.39, 0.29) is 0 Å². The van der Waals surface area contributed by atoms with Gasteiger partial charge in [0.15, 0.2) is 0 Å². The average molecular weight is 835 g/mol. The summed E-state index contributed by atoms with van der Waals surface area (Å²) in [6.45, 7) is 0. The quantitative estimate of drug-likeness (QED) is 0.167. The molecule has 3 aromatic carbocycles. The number of para-hydroxylation sites is 1. The Balaban J connectivity index is 0.829. The van der Waals surface area contributed by atoms with Gasteiger partial charge in [0.1, 0.15) is 0 Å². The van der Waals surface area contributed by atoms with Gasteiger partial charge in [-0.1, -0.05) is 121 Å². The molecule has 64 heavy (non-hydrogen) atoms. The number of benzene rings is 3. The molecule has 7 aliphatic carbocycles. The Morgan fingerprint density at radius 2 is 1.36 bits per heavy atom. The molecule has 0 saturated carbocycles. The molecule has 5 unspecified atom stereocenters. The van der Waals surface area contributed by atoms with E-state index in [1.807, 2.05) is 0 Å². The summed E-state index contributed by atoms with van der Waals surface area (Å²) in [6, 6.07) is 26.3. The fourth-order valence-corrected chi connectivity index (χ4v) is 12.0. The van der Waals surface area contributed by atoms with Gasteiger partial charge in [0.05, 0.1) is 12.1 Å². The molecule has 1 aliphatic heterocycles. The van der Waals surface area contributed by atoms with Gasteiger partial charge in [-0.25, -0.2) is 0 Å². The zero-order valence-electron chi connectivity index (χ0n) is 36.9. The Morgan fingerprint density at radius 3 is 2.12 bits per heavy atom. The smallest absolute Gasteiger partial charge is 0.0588 e. The highest BCUT2D eigenvalue weighted by Crippen LogP contribution is 2.51. The van der Waals surface area contributed by atoms with Gasteiger partial charge in [0.25, 0.3) is 0 Å². The van der Waals surface area contributed by atoms with Gasteiger partial charge in [-0.2, -0.15) is 0 Å². The minimum Gasteiger partial charge on any atom is -0.341 e. The molecule has 8 aliphatic rings.